The van der Waals surface area contributed by atoms with E-state index in [0.29, 0.717) is 29.1 Å². The summed E-state index contributed by atoms with van der Waals surface area (Å²) < 4.78 is 12.0. The van der Waals surface area contributed by atoms with Crippen LogP contribution in [0.2, 0.25) is 5.02 Å². The Labute approximate surface area is 140 Å². The Balaban J connectivity index is 1.85. The van der Waals surface area contributed by atoms with Crippen LogP contribution in [0.25, 0.3) is 5.76 Å². The van der Waals surface area contributed by atoms with Gasteiger partial charge in [0.1, 0.15) is 11.9 Å². The molecular formula is C18H19ClN2O2. The van der Waals surface area contributed by atoms with Crippen molar-refractivity contribution in [2.24, 2.45) is 5.92 Å². The van der Waals surface area contributed by atoms with Crippen LogP contribution in [0.4, 0.5) is 0 Å². The van der Waals surface area contributed by atoms with Crippen LogP contribution in [0.15, 0.2) is 48.8 Å². The number of nitrogens with one attached hydrogen (secondary N) is 1. The van der Waals surface area contributed by atoms with Gasteiger partial charge in [-0.1, -0.05) is 31.5 Å². The lowest BCUT2D eigenvalue weighted by atomic mass is 10.1. The van der Waals surface area contributed by atoms with Gasteiger partial charge < -0.3 is 14.5 Å². The molecule has 0 spiro atoms. The molecule has 1 aliphatic heterocycles. The SMILES string of the molecule is CC(C)COc1ccc(Cl)cc1C1C=CC=C(c2ncc[nH]2)O1. The molecule has 0 radical (unpaired) electrons. The molecular weight excluding hydrogens is 312 g/mol. The van der Waals surface area contributed by atoms with Crippen LogP contribution >= 0.6 is 11.6 Å². The van der Waals surface area contributed by atoms with Crippen LogP contribution in [0, 0.1) is 5.92 Å². The van der Waals surface area contributed by atoms with Gasteiger partial charge in [-0.3, -0.25) is 0 Å². The molecule has 3 rings (SSSR count). The number of H-pyrrole nitrogens is 1. The van der Waals surface area contributed by atoms with Gasteiger partial charge in [0.15, 0.2) is 11.6 Å². The number of imidazole rings is 1. The van der Waals surface area contributed by atoms with Gasteiger partial charge in [-0.2, -0.15) is 0 Å². The molecule has 1 aromatic carbocycles. The first-order chi connectivity index (χ1) is 11.1. The lowest BCUT2D eigenvalue weighted by molar-refractivity contribution is 0.198. The van der Waals surface area contributed by atoms with Crippen LogP contribution in [-0.4, -0.2) is 16.6 Å². The van der Waals surface area contributed by atoms with Crippen molar-refractivity contribution in [1.82, 2.24) is 9.97 Å². The molecule has 0 amide bonds. The first kappa shape index (κ1) is 15.7. The average Bonchev–Trinajstić information content (AvgIpc) is 3.08. The number of ether oxygens (including phenoxy) is 2. The molecule has 0 saturated carbocycles. The summed E-state index contributed by atoms with van der Waals surface area (Å²) in [5.41, 5.74) is 0.909. The van der Waals surface area contributed by atoms with E-state index in [0.717, 1.165) is 11.3 Å². The number of hydrogen-bond donors (Lipinski definition) is 1. The molecule has 120 valence electrons. The van der Waals surface area contributed by atoms with Gasteiger partial charge >= 0.3 is 0 Å². The third-order valence-electron chi connectivity index (χ3n) is 3.37. The summed E-state index contributed by atoms with van der Waals surface area (Å²) >= 11 is 6.17. The largest absolute Gasteiger partial charge is 0.493 e. The lowest BCUT2D eigenvalue weighted by Crippen LogP contribution is -2.10. The number of halogens is 1. The van der Waals surface area contributed by atoms with Crippen molar-refractivity contribution in [3.63, 3.8) is 0 Å². The predicted molar refractivity (Wildman–Crippen MR) is 91.3 cm³/mol. The number of nitrogens with zero attached hydrogens (tertiary/aromatic N) is 1. The van der Waals surface area contributed by atoms with Gasteiger partial charge in [0.05, 0.1) is 6.61 Å². The van der Waals surface area contributed by atoms with Crippen LogP contribution < -0.4 is 4.74 Å². The first-order valence-corrected chi connectivity index (χ1v) is 7.98. The van der Waals surface area contributed by atoms with Gasteiger partial charge in [-0.15, -0.1) is 0 Å². The van der Waals surface area contributed by atoms with E-state index in [4.69, 9.17) is 21.1 Å². The van der Waals surface area contributed by atoms with E-state index in [1.165, 1.54) is 0 Å². The summed E-state index contributed by atoms with van der Waals surface area (Å²) in [6.07, 6.45) is 9.02. The summed E-state index contributed by atoms with van der Waals surface area (Å²) in [6, 6.07) is 5.61. The third-order valence-corrected chi connectivity index (χ3v) is 3.60. The second-order valence-electron chi connectivity index (χ2n) is 5.78. The molecule has 1 unspecified atom stereocenters. The van der Waals surface area contributed by atoms with Crippen molar-refractivity contribution in [2.45, 2.75) is 20.0 Å². The second-order valence-corrected chi connectivity index (χ2v) is 6.22. The third kappa shape index (κ3) is 3.77. The topological polar surface area (TPSA) is 47.1 Å². The number of hydrogen-bond acceptors (Lipinski definition) is 3. The van der Waals surface area contributed by atoms with E-state index in [1.54, 1.807) is 12.4 Å². The summed E-state index contributed by atoms with van der Waals surface area (Å²) in [5.74, 6) is 2.63. The monoisotopic (exact) mass is 330 g/mol. The maximum absolute atomic E-state index is 6.17. The highest BCUT2D eigenvalue weighted by atomic mass is 35.5. The Bertz CT molecular complexity index is 721. The van der Waals surface area contributed by atoms with Crippen LogP contribution in [-0.2, 0) is 4.74 Å². The highest BCUT2D eigenvalue weighted by molar-refractivity contribution is 6.30. The van der Waals surface area contributed by atoms with Crippen molar-refractivity contribution in [1.29, 1.82) is 0 Å². The van der Waals surface area contributed by atoms with E-state index >= 15 is 0 Å². The van der Waals surface area contributed by atoms with Gasteiger partial charge in [-0.25, -0.2) is 4.98 Å². The van der Waals surface area contributed by atoms with E-state index in [9.17, 15) is 0 Å². The van der Waals surface area contributed by atoms with E-state index < -0.39 is 0 Å². The van der Waals surface area contributed by atoms with E-state index in [-0.39, 0.29) is 6.10 Å². The smallest absolute Gasteiger partial charge is 0.172 e. The van der Waals surface area contributed by atoms with Gasteiger partial charge in [-0.05, 0) is 36.3 Å². The van der Waals surface area contributed by atoms with Crippen LogP contribution in [0.3, 0.4) is 0 Å². The Kier molecular flexibility index (Phi) is 4.72. The second kappa shape index (κ2) is 6.92. The average molecular weight is 331 g/mol. The van der Waals surface area contributed by atoms with Crippen molar-refractivity contribution in [2.75, 3.05) is 6.61 Å². The van der Waals surface area contributed by atoms with E-state index in [2.05, 4.69) is 23.8 Å². The van der Waals surface area contributed by atoms with Gasteiger partial charge in [0.2, 0.25) is 0 Å². The molecule has 4 nitrogen and oxygen atoms in total. The van der Waals surface area contributed by atoms with Crippen LogP contribution in [0.5, 0.6) is 5.75 Å². The summed E-state index contributed by atoms with van der Waals surface area (Å²) in [6.45, 7) is 4.88. The van der Waals surface area contributed by atoms with E-state index in [1.807, 2.05) is 36.4 Å². The quantitative estimate of drug-likeness (QED) is 0.859. The Morgan fingerprint density at radius 1 is 1.39 bits per heavy atom. The summed E-state index contributed by atoms with van der Waals surface area (Å²) in [7, 11) is 0. The predicted octanol–water partition coefficient (Wildman–Crippen LogP) is 4.77. The number of benzene rings is 1. The lowest BCUT2D eigenvalue weighted by Gasteiger charge is -2.23. The minimum Gasteiger partial charge on any atom is -0.493 e. The standard InChI is InChI=1S/C18H19ClN2O2/c1-12(2)11-22-15-7-6-13(19)10-14(15)16-4-3-5-17(23-16)18-20-8-9-21-18/h3-10,12,16H,11H2,1-2H3,(H,20,21). The highest BCUT2D eigenvalue weighted by Crippen LogP contribution is 2.36. The number of rotatable bonds is 5. The molecule has 2 aromatic rings. The molecule has 0 saturated heterocycles. The fraction of sp³-hybridized carbons (Fsp3) is 0.278. The summed E-state index contributed by atoms with van der Waals surface area (Å²) in [5, 5.41) is 0.656. The normalized spacial score (nSPS) is 17.0. The molecule has 2 heterocycles. The maximum atomic E-state index is 6.17. The Morgan fingerprint density at radius 3 is 3.00 bits per heavy atom. The Morgan fingerprint density at radius 2 is 2.26 bits per heavy atom. The fourth-order valence-electron chi connectivity index (χ4n) is 2.29. The maximum Gasteiger partial charge on any atom is 0.172 e. The molecule has 0 bridgehead atoms. The fourth-order valence-corrected chi connectivity index (χ4v) is 2.47. The van der Waals surface area contributed by atoms with Crippen molar-refractivity contribution in [3.05, 3.63) is 65.2 Å². The van der Waals surface area contributed by atoms with Gasteiger partial charge in [0, 0.05) is 23.0 Å². The van der Waals surface area contributed by atoms with Crippen molar-refractivity contribution >= 4 is 17.4 Å². The molecule has 1 aromatic heterocycles. The van der Waals surface area contributed by atoms with Crippen LogP contribution in [0.1, 0.15) is 31.3 Å². The minimum atomic E-state index is -0.263. The number of aromatic amines is 1. The zero-order valence-electron chi connectivity index (χ0n) is 13.1. The van der Waals surface area contributed by atoms with Gasteiger partial charge in [0.25, 0.3) is 0 Å². The van der Waals surface area contributed by atoms with Crippen molar-refractivity contribution in [3.8, 4) is 5.75 Å². The Hall–Kier alpha value is -2.20. The first-order valence-electron chi connectivity index (χ1n) is 7.60. The molecule has 1 aliphatic rings. The number of allylic oxidation sites excluding steroid dienone is 2. The summed E-state index contributed by atoms with van der Waals surface area (Å²) in [4.78, 5) is 7.28. The minimum absolute atomic E-state index is 0.263. The zero-order chi connectivity index (χ0) is 16.2. The molecule has 1 N–H and O–H groups in total. The molecule has 23 heavy (non-hydrogen) atoms. The highest BCUT2D eigenvalue weighted by Gasteiger charge is 2.21. The molecule has 1 atom stereocenters. The molecule has 0 aliphatic carbocycles. The molecule has 5 heteroatoms. The molecule has 0 fully saturated rings. The number of aromatic nitrogens is 2. The van der Waals surface area contributed by atoms with Crippen molar-refractivity contribution < 1.29 is 9.47 Å². The zero-order valence-corrected chi connectivity index (χ0v) is 13.9.